The van der Waals surface area contributed by atoms with Crippen molar-refractivity contribution < 1.29 is 4.74 Å². The van der Waals surface area contributed by atoms with Gasteiger partial charge in [0.2, 0.25) is 0 Å². The largest absolute Gasteiger partial charge is 0.490 e. The van der Waals surface area contributed by atoms with Crippen LogP contribution in [0.1, 0.15) is 26.2 Å². The number of anilines is 2. The van der Waals surface area contributed by atoms with E-state index in [0.717, 1.165) is 36.8 Å². The van der Waals surface area contributed by atoms with Crippen molar-refractivity contribution in [2.75, 3.05) is 30.3 Å². The molecule has 0 bridgehead atoms. The van der Waals surface area contributed by atoms with Gasteiger partial charge in [0, 0.05) is 12.2 Å². The number of hydrogen-bond acceptors (Lipinski definition) is 3. The highest BCUT2D eigenvalue weighted by atomic mass is 16.5. The van der Waals surface area contributed by atoms with Crippen LogP contribution < -0.4 is 15.4 Å². The van der Waals surface area contributed by atoms with Crippen molar-refractivity contribution in [2.24, 2.45) is 0 Å². The fourth-order valence-corrected chi connectivity index (χ4v) is 2.07. The van der Waals surface area contributed by atoms with Crippen LogP contribution in [0, 0.1) is 0 Å². The van der Waals surface area contributed by atoms with E-state index in [9.17, 15) is 0 Å². The Morgan fingerprint density at radius 2 is 2.25 bits per heavy atom. The third kappa shape index (κ3) is 2.40. The normalized spacial score (nSPS) is 14.4. The van der Waals surface area contributed by atoms with E-state index in [1.807, 2.05) is 18.2 Å². The summed E-state index contributed by atoms with van der Waals surface area (Å²) in [6, 6.07) is 5.88. The molecular weight excluding hydrogens is 200 g/mol. The zero-order valence-electron chi connectivity index (χ0n) is 9.91. The van der Waals surface area contributed by atoms with Crippen molar-refractivity contribution in [3.8, 4) is 5.75 Å². The van der Waals surface area contributed by atoms with Gasteiger partial charge >= 0.3 is 0 Å². The number of unbranched alkanes of at least 4 members (excludes halogenated alkanes) is 2. The SMILES string of the molecule is CCCCCN1CCOc2ccc(N)cc21. The molecule has 0 fully saturated rings. The quantitative estimate of drug-likeness (QED) is 0.626. The summed E-state index contributed by atoms with van der Waals surface area (Å²) < 4.78 is 5.62. The van der Waals surface area contributed by atoms with E-state index in [2.05, 4.69) is 11.8 Å². The molecule has 0 aliphatic carbocycles. The Balaban J connectivity index is 2.09. The first-order chi connectivity index (χ1) is 7.81. The molecule has 0 saturated carbocycles. The van der Waals surface area contributed by atoms with Gasteiger partial charge < -0.3 is 15.4 Å². The van der Waals surface area contributed by atoms with Gasteiger partial charge in [0.25, 0.3) is 0 Å². The molecule has 0 amide bonds. The fourth-order valence-electron chi connectivity index (χ4n) is 2.07. The number of ether oxygens (including phenoxy) is 1. The lowest BCUT2D eigenvalue weighted by atomic mass is 10.2. The van der Waals surface area contributed by atoms with Crippen LogP contribution in [-0.2, 0) is 0 Å². The Morgan fingerprint density at radius 1 is 1.38 bits per heavy atom. The van der Waals surface area contributed by atoms with Gasteiger partial charge in [-0.25, -0.2) is 0 Å². The second-order valence-corrected chi connectivity index (χ2v) is 4.27. The maximum Gasteiger partial charge on any atom is 0.142 e. The van der Waals surface area contributed by atoms with Crippen LogP contribution in [0.15, 0.2) is 18.2 Å². The third-order valence-electron chi connectivity index (χ3n) is 2.97. The van der Waals surface area contributed by atoms with Crippen molar-refractivity contribution in [3.63, 3.8) is 0 Å². The van der Waals surface area contributed by atoms with Crippen LogP contribution in [0.25, 0.3) is 0 Å². The average Bonchev–Trinajstić information content (AvgIpc) is 2.30. The van der Waals surface area contributed by atoms with Crippen molar-refractivity contribution >= 4 is 11.4 Å². The highest BCUT2D eigenvalue weighted by Gasteiger charge is 2.17. The molecular formula is C13H20N2O. The fraction of sp³-hybridized carbons (Fsp3) is 0.538. The minimum atomic E-state index is 0.781. The van der Waals surface area contributed by atoms with E-state index in [0.29, 0.717) is 0 Å². The van der Waals surface area contributed by atoms with Gasteiger partial charge in [-0.05, 0) is 24.6 Å². The molecule has 2 N–H and O–H groups in total. The molecule has 2 rings (SSSR count). The first-order valence-electron chi connectivity index (χ1n) is 6.08. The summed E-state index contributed by atoms with van der Waals surface area (Å²) >= 11 is 0. The molecule has 1 aliphatic heterocycles. The van der Waals surface area contributed by atoms with Crippen LogP contribution >= 0.6 is 0 Å². The van der Waals surface area contributed by atoms with Crippen LogP contribution in [0.5, 0.6) is 5.75 Å². The van der Waals surface area contributed by atoms with Crippen molar-refractivity contribution in [1.29, 1.82) is 0 Å². The van der Waals surface area contributed by atoms with Gasteiger partial charge in [0.15, 0.2) is 0 Å². The highest BCUT2D eigenvalue weighted by molar-refractivity contribution is 5.65. The number of nitrogens with two attached hydrogens (primary N) is 1. The summed E-state index contributed by atoms with van der Waals surface area (Å²) in [6.07, 6.45) is 3.79. The number of rotatable bonds is 4. The number of nitrogen functional groups attached to an aromatic ring is 1. The van der Waals surface area contributed by atoms with Crippen LogP contribution in [0.2, 0.25) is 0 Å². The summed E-state index contributed by atoms with van der Waals surface area (Å²) in [5, 5.41) is 0. The summed E-state index contributed by atoms with van der Waals surface area (Å²) in [5.41, 5.74) is 7.78. The average molecular weight is 220 g/mol. The molecule has 1 aromatic carbocycles. The van der Waals surface area contributed by atoms with Crippen molar-refractivity contribution in [1.82, 2.24) is 0 Å². The van der Waals surface area contributed by atoms with E-state index in [4.69, 9.17) is 10.5 Å². The maximum absolute atomic E-state index is 5.82. The van der Waals surface area contributed by atoms with Gasteiger partial charge in [0.05, 0.1) is 12.2 Å². The first kappa shape index (κ1) is 11.1. The molecule has 3 heteroatoms. The van der Waals surface area contributed by atoms with Gasteiger partial charge in [-0.1, -0.05) is 19.8 Å². The Labute approximate surface area is 97.2 Å². The minimum absolute atomic E-state index is 0.781. The Kier molecular flexibility index (Phi) is 3.54. The van der Waals surface area contributed by atoms with Crippen LogP contribution in [0.3, 0.4) is 0 Å². The summed E-state index contributed by atoms with van der Waals surface area (Å²) in [7, 11) is 0. The van der Waals surface area contributed by atoms with E-state index < -0.39 is 0 Å². The van der Waals surface area contributed by atoms with E-state index in [1.165, 1.54) is 19.3 Å². The lowest BCUT2D eigenvalue weighted by Crippen LogP contribution is -2.33. The first-order valence-corrected chi connectivity index (χ1v) is 6.08. The van der Waals surface area contributed by atoms with Gasteiger partial charge in [-0.3, -0.25) is 0 Å². The zero-order chi connectivity index (χ0) is 11.4. The van der Waals surface area contributed by atoms with Gasteiger partial charge in [0.1, 0.15) is 12.4 Å². The lowest BCUT2D eigenvalue weighted by molar-refractivity contribution is 0.307. The predicted octanol–water partition coefficient (Wildman–Crippen LogP) is 2.66. The monoisotopic (exact) mass is 220 g/mol. The van der Waals surface area contributed by atoms with Gasteiger partial charge in [-0.2, -0.15) is 0 Å². The smallest absolute Gasteiger partial charge is 0.142 e. The summed E-state index contributed by atoms with van der Waals surface area (Å²) in [5.74, 6) is 0.969. The summed E-state index contributed by atoms with van der Waals surface area (Å²) in [4.78, 5) is 2.38. The second-order valence-electron chi connectivity index (χ2n) is 4.27. The van der Waals surface area contributed by atoms with E-state index in [1.54, 1.807) is 0 Å². The molecule has 0 atom stereocenters. The lowest BCUT2D eigenvalue weighted by Gasteiger charge is -2.31. The molecule has 0 saturated heterocycles. The summed E-state index contributed by atoms with van der Waals surface area (Å²) in [6.45, 7) is 5.09. The zero-order valence-corrected chi connectivity index (χ0v) is 9.91. The number of fused-ring (bicyclic) bond motifs is 1. The molecule has 0 unspecified atom stereocenters. The molecule has 1 aliphatic rings. The van der Waals surface area contributed by atoms with E-state index in [-0.39, 0.29) is 0 Å². The molecule has 1 heterocycles. The van der Waals surface area contributed by atoms with Crippen LogP contribution in [0.4, 0.5) is 11.4 Å². The molecule has 0 spiro atoms. The molecule has 1 aromatic rings. The molecule has 0 radical (unpaired) electrons. The van der Waals surface area contributed by atoms with Gasteiger partial charge in [-0.15, -0.1) is 0 Å². The molecule has 3 nitrogen and oxygen atoms in total. The Morgan fingerprint density at radius 3 is 3.06 bits per heavy atom. The second kappa shape index (κ2) is 5.10. The van der Waals surface area contributed by atoms with E-state index >= 15 is 0 Å². The molecule has 0 aromatic heterocycles. The maximum atomic E-state index is 5.82. The highest BCUT2D eigenvalue weighted by Crippen LogP contribution is 2.33. The molecule has 88 valence electrons. The number of hydrogen-bond donors (Lipinski definition) is 1. The standard InChI is InChI=1S/C13H20N2O/c1-2-3-4-7-15-8-9-16-13-6-5-11(14)10-12(13)15/h5-6,10H,2-4,7-9,14H2,1H3. The topological polar surface area (TPSA) is 38.5 Å². The number of benzene rings is 1. The minimum Gasteiger partial charge on any atom is -0.490 e. The van der Waals surface area contributed by atoms with Crippen molar-refractivity contribution in [2.45, 2.75) is 26.2 Å². The predicted molar refractivity (Wildman–Crippen MR) is 68.1 cm³/mol. The third-order valence-corrected chi connectivity index (χ3v) is 2.97. The van der Waals surface area contributed by atoms with Crippen LogP contribution in [-0.4, -0.2) is 19.7 Å². The molecule has 16 heavy (non-hydrogen) atoms. The number of nitrogens with zero attached hydrogens (tertiary/aromatic N) is 1. The Hall–Kier alpha value is -1.38. The Bertz CT molecular complexity index is 352. The van der Waals surface area contributed by atoms with Crippen molar-refractivity contribution in [3.05, 3.63) is 18.2 Å².